The van der Waals surface area contributed by atoms with Crippen LogP contribution in [0.25, 0.3) is 0 Å². The normalized spacial score (nSPS) is 18.4. The third kappa shape index (κ3) is 2.99. The van der Waals surface area contributed by atoms with Gasteiger partial charge in [0.1, 0.15) is 11.6 Å². The van der Waals surface area contributed by atoms with Crippen molar-refractivity contribution < 1.29 is 17.2 Å². The molecule has 112 valence electrons. The average Bonchev–Trinajstić information content (AvgIpc) is 2.39. The Balaban J connectivity index is 2.20. The minimum Gasteiger partial charge on any atom is -0.330 e. The summed E-state index contributed by atoms with van der Waals surface area (Å²) in [6, 6.07) is 3.06. The topological polar surface area (TPSA) is 63.4 Å². The highest BCUT2D eigenvalue weighted by molar-refractivity contribution is 7.89. The number of nitrogens with two attached hydrogens (primary N) is 1. The van der Waals surface area contributed by atoms with E-state index in [1.54, 1.807) is 0 Å². The summed E-state index contributed by atoms with van der Waals surface area (Å²) in [5.41, 5.74) is 5.48. The van der Waals surface area contributed by atoms with E-state index in [2.05, 4.69) is 0 Å². The van der Waals surface area contributed by atoms with E-state index in [4.69, 9.17) is 5.73 Å². The van der Waals surface area contributed by atoms with Gasteiger partial charge in [0.15, 0.2) is 4.90 Å². The molecule has 0 bridgehead atoms. The van der Waals surface area contributed by atoms with Crippen LogP contribution in [-0.2, 0) is 10.0 Å². The van der Waals surface area contributed by atoms with Gasteiger partial charge < -0.3 is 5.73 Å². The maximum Gasteiger partial charge on any atom is 0.248 e. The van der Waals surface area contributed by atoms with Crippen LogP contribution in [0.4, 0.5) is 8.78 Å². The Morgan fingerprint density at radius 2 is 1.75 bits per heavy atom. The highest BCUT2D eigenvalue weighted by Gasteiger charge is 2.33. The molecule has 0 spiro atoms. The van der Waals surface area contributed by atoms with Crippen LogP contribution >= 0.6 is 0 Å². The number of sulfonamides is 1. The quantitative estimate of drug-likeness (QED) is 0.921. The first kappa shape index (κ1) is 15.3. The molecule has 7 heteroatoms. The van der Waals surface area contributed by atoms with Crippen LogP contribution in [0.5, 0.6) is 0 Å². The van der Waals surface area contributed by atoms with Crippen molar-refractivity contribution in [3.63, 3.8) is 0 Å². The molecule has 4 nitrogen and oxygen atoms in total. The lowest BCUT2D eigenvalue weighted by atomic mass is 9.95. The van der Waals surface area contributed by atoms with Gasteiger partial charge in [0.25, 0.3) is 0 Å². The molecule has 20 heavy (non-hydrogen) atoms. The van der Waals surface area contributed by atoms with Crippen molar-refractivity contribution in [1.82, 2.24) is 4.31 Å². The Labute approximate surface area is 117 Å². The molecule has 0 aromatic heterocycles. The van der Waals surface area contributed by atoms with Crippen molar-refractivity contribution >= 4 is 10.0 Å². The predicted octanol–water partition coefficient (Wildman–Crippen LogP) is 1.71. The molecular formula is C13H18F2N2O2S. The summed E-state index contributed by atoms with van der Waals surface area (Å²) in [6.07, 6.45) is 2.20. The zero-order valence-corrected chi connectivity index (χ0v) is 11.9. The first-order valence-electron chi connectivity index (χ1n) is 6.61. The number of benzene rings is 1. The molecule has 1 heterocycles. The van der Waals surface area contributed by atoms with Crippen molar-refractivity contribution in [3.8, 4) is 0 Å². The summed E-state index contributed by atoms with van der Waals surface area (Å²) in [6.45, 7) is 1.13. The smallest absolute Gasteiger partial charge is 0.248 e. The Morgan fingerprint density at radius 3 is 2.25 bits per heavy atom. The second kappa shape index (κ2) is 6.15. The van der Waals surface area contributed by atoms with Gasteiger partial charge in [0, 0.05) is 13.1 Å². The molecule has 1 fully saturated rings. The lowest BCUT2D eigenvalue weighted by molar-refractivity contribution is 0.264. The molecule has 0 atom stereocenters. The summed E-state index contributed by atoms with van der Waals surface area (Å²) in [5, 5.41) is 0. The summed E-state index contributed by atoms with van der Waals surface area (Å²) in [5.74, 6) is -1.71. The predicted molar refractivity (Wildman–Crippen MR) is 71.5 cm³/mol. The number of hydrogen-bond donors (Lipinski definition) is 1. The van der Waals surface area contributed by atoms with Crippen molar-refractivity contribution in [2.45, 2.75) is 24.2 Å². The average molecular weight is 304 g/mol. The third-order valence-electron chi connectivity index (χ3n) is 3.67. The fraction of sp³-hybridized carbons (Fsp3) is 0.538. The summed E-state index contributed by atoms with van der Waals surface area (Å²) in [4.78, 5) is -0.850. The van der Waals surface area contributed by atoms with Gasteiger partial charge >= 0.3 is 0 Å². The van der Waals surface area contributed by atoms with Crippen LogP contribution in [0.15, 0.2) is 23.1 Å². The van der Waals surface area contributed by atoms with E-state index in [0.29, 0.717) is 25.3 Å². The van der Waals surface area contributed by atoms with Crippen LogP contribution in [0, 0.1) is 17.6 Å². The van der Waals surface area contributed by atoms with E-state index >= 15 is 0 Å². The van der Waals surface area contributed by atoms with E-state index in [1.165, 1.54) is 0 Å². The monoisotopic (exact) mass is 304 g/mol. The fourth-order valence-electron chi connectivity index (χ4n) is 2.53. The molecule has 1 aliphatic heterocycles. The van der Waals surface area contributed by atoms with Crippen LogP contribution in [-0.4, -0.2) is 32.4 Å². The highest BCUT2D eigenvalue weighted by atomic mass is 32.2. The van der Waals surface area contributed by atoms with Gasteiger partial charge in [-0.05, 0) is 43.9 Å². The second-order valence-electron chi connectivity index (χ2n) is 4.98. The maximum absolute atomic E-state index is 13.6. The van der Waals surface area contributed by atoms with E-state index in [1.807, 2.05) is 0 Å². The minimum absolute atomic E-state index is 0.279. The first-order valence-corrected chi connectivity index (χ1v) is 8.05. The Hall–Kier alpha value is -1.05. The molecule has 1 saturated heterocycles. The van der Waals surface area contributed by atoms with Gasteiger partial charge in [-0.1, -0.05) is 6.07 Å². The fourth-order valence-corrected chi connectivity index (χ4v) is 4.11. The second-order valence-corrected chi connectivity index (χ2v) is 6.85. The molecule has 2 rings (SSSR count). The Kier molecular flexibility index (Phi) is 4.72. The maximum atomic E-state index is 13.6. The number of piperidine rings is 1. The number of hydrogen-bond acceptors (Lipinski definition) is 3. The molecule has 0 unspecified atom stereocenters. The molecule has 0 aliphatic carbocycles. The van der Waals surface area contributed by atoms with Crippen LogP contribution in [0.2, 0.25) is 0 Å². The van der Waals surface area contributed by atoms with Crippen molar-refractivity contribution in [2.24, 2.45) is 11.7 Å². The zero-order valence-electron chi connectivity index (χ0n) is 11.1. The van der Waals surface area contributed by atoms with E-state index < -0.39 is 26.6 Å². The van der Waals surface area contributed by atoms with Gasteiger partial charge in [0.2, 0.25) is 10.0 Å². The molecular weight excluding hydrogens is 286 g/mol. The minimum atomic E-state index is -4.11. The SMILES string of the molecule is NCCC1CCN(S(=O)(=O)c2c(F)cccc2F)CC1. The summed E-state index contributed by atoms with van der Waals surface area (Å²) < 4.78 is 53.1. The van der Waals surface area contributed by atoms with Crippen molar-refractivity contribution in [2.75, 3.05) is 19.6 Å². The van der Waals surface area contributed by atoms with Crippen LogP contribution < -0.4 is 5.73 Å². The zero-order chi connectivity index (χ0) is 14.8. The Morgan fingerprint density at radius 1 is 1.20 bits per heavy atom. The van der Waals surface area contributed by atoms with E-state index in [0.717, 1.165) is 28.9 Å². The Bertz CT molecular complexity index is 549. The summed E-state index contributed by atoms with van der Waals surface area (Å²) >= 11 is 0. The molecule has 0 amide bonds. The van der Waals surface area contributed by atoms with Gasteiger partial charge in [-0.3, -0.25) is 0 Å². The largest absolute Gasteiger partial charge is 0.330 e. The van der Waals surface area contributed by atoms with Gasteiger partial charge in [-0.25, -0.2) is 17.2 Å². The molecule has 1 aromatic rings. The lowest BCUT2D eigenvalue weighted by Crippen LogP contribution is -2.39. The number of halogens is 2. The lowest BCUT2D eigenvalue weighted by Gasteiger charge is -2.31. The standard InChI is InChI=1S/C13H18F2N2O2S/c14-11-2-1-3-12(15)13(11)20(18,19)17-8-5-10(4-7-16)6-9-17/h1-3,10H,4-9,16H2. The first-order chi connectivity index (χ1) is 9.46. The van der Waals surface area contributed by atoms with Gasteiger partial charge in [-0.15, -0.1) is 0 Å². The van der Waals surface area contributed by atoms with E-state index in [9.17, 15) is 17.2 Å². The van der Waals surface area contributed by atoms with Gasteiger partial charge in [-0.2, -0.15) is 4.31 Å². The molecule has 2 N–H and O–H groups in total. The molecule has 0 radical (unpaired) electrons. The van der Waals surface area contributed by atoms with Crippen molar-refractivity contribution in [3.05, 3.63) is 29.8 Å². The van der Waals surface area contributed by atoms with Crippen molar-refractivity contribution in [1.29, 1.82) is 0 Å². The number of rotatable bonds is 4. The third-order valence-corrected chi connectivity index (χ3v) is 5.62. The van der Waals surface area contributed by atoms with E-state index in [-0.39, 0.29) is 13.1 Å². The van der Waals surface area contributed by atoms with Crippen LogP contribution in [0.3, 0.4) is 0 Å². The number of nitrogens with zero attached hydrogens (tertiary/aromatic N) is 1. The molecule has 1 aromatic carbocycles. The highest BCUT2D eigenvalue weighted by Crippen LogP contribution is 2.27. The van der Waals surface area contributed by atoms with Gasteiger partial charge in [0.05, 0.1) is 0 Å². The molecule has 1 aliphatic rings. The summed E-state index contributed by atoms with van der Waals surface area (Å²) in [7, 11) is -4.11. The van der Waals surface area contributed by atoms with Crippen LogP contribution in [0.1, 0.15) is 19.3 Å². The molecule has 0 saturated carbocycles.